The van der Waals surface area contributed by atoms with Crippen LogP contribution < -0.4 is 10.6 Å². The second-order valence-electron chi connectivity index (χ2n) is 4.91. The van der Waals surface area contributed by atoms with Crippen LogP contribution in [-0.2, 0) is 11.2 Å². The molecule has 0 unspecified atom stereocenters. The molecule has 0 saturated carbocycles. The summed E-state index contributed by atoms with van der Waals surface area (Å²) < 4.78 is 0. The highest BCUT2D eigenvalue weighted by atomic mass is 16.2. The van der Waals surface area contributed by atoms with Gasteiger partial charge in [0.15, 0.2) is 0 Å². The predicted octanol–water partition coefficient (Wildman–Crippen LogP) is 3.36. The molecule has 0 heterocycles. The van der Waals surface area contributed by atoms with Gasteiger partial charge in [-0.05, 0) is 37.5 Å². The van der Waals surface area contributed by atoms with Gasteiger partial charge < -0.3 is 10.6 Å². The van der Waals surface area contributed by atoms with E-state index >= 15 is 0 Å². The summed E-state index contributed by atoms with van der Waals surface area (Å²) in [6.45, 7) is 6.96. The minimum absolute atomic E-state index is 0.0654. The number of nitrogens with one attached hydrogen (secondary N) is 2. The average Bonchev–Trinajstić information content (AvgIpc) is 2.44. The van der Waals surface area contributed by atoms with Crippen LogP contribution in [0, 0.1) is 0 Å². The van der Waals surface area contributed by atoms with E-state index in [1.54, 1.807) is 0 Å². The molecule has 0 fully saturated rings. The zero-order valence-electron chi connectivity index (χ0n) is 12.3. The molecule has 106 valence electrons. The molecule has 0 aromatic heterocycles. The molecule has 19 heavy (non-hydrogen) atoms. The molecule has 0 radical (unpaired) electrons. The Bertz CT molecular complexity index is 373. The lowest BCUT2D eigenvalue weighted by Crippen LogP contribution is -2.38. The second-order valence-corrected chi connectivity index (χ2v) is 4.91. The Balaban J connectivity index is 2.35. The van der Waals surface area contributed by atoms with E-state index in [9.17, 15) is 4.79 Å². The Labute approximate surface area is 116 Å². The smallest absolute Gasteiger partial charge is 0.242 e. The molecule has 3 nitrogen and oxygen atoms in total. The van der Waals surface area contributed by atoms with Crippen LogP contribution in [0.25, 0.3) is 0 Å². The fourth-order valence-electron chi connectivity index (χ4n) is 1.89. The van der Waals surface area contributed by atoms with Crippen molar-refractivity contribution in [3.8, 4) is 0 Å². The quantitative estimate of drug-likeness (QED) is 0.705. The van der Waals surface area contributed by atoms with Crippen molar-refractivity contribution in [2.45, 2.75) is 52.5 Å². The van der Waals surface area contributed by atoms with Gasteiger partial charge in [-0.3, -0.25) is 4.79 Å². The maximum absolute atomic E-state index is 11.9. The Morgan fingerprint density at radius 2 is 1.84 bits per heavy atom. The summed E-state index contributed by atoms with van der Waals surface area (Å²) in [6, 6.07) is 8.04. The Morgan fingerprint density at radius 3 is 2.42 bits per heavy atom. The lowest BCUT2D eigenvalue weighted by atomic mass is 10.1. The Kier molecular flexibility index (Phi) is 7.01. The highest BCUT2D eigenvalue weighted by Gasteiger charge is 2.11. The van der Waals surface area contributed by atoms with E-state index in [0.29, 0.717) is 0 Å². The van der Waals surface area contributed by atoms with Gasteiger partial charge in [-0.1, -0.05) is 38.8 Å². The maximum Gasteiger partial charge on any atom is 0.242 e. The molecular formula is C16H26N2O. The van der Waals surface area contributed by atoms with Gasteiger partial charge in [0.25, 0.3) is 0 Å². The first kappa shape index (κ1) is 15.5. The zero-order valence-corrected chi connectivity index (χ0v) is 12.3. The summed E-state index contributed by atoms with van der Waals surface area (Å²) in [5.41, 5.74) is 2.30. The fourth-order valence-corrected chi connectivity index (χ4v) is 1.89. The summed E-state index contributed by atoms with van der Waals surface area (Å²) in [5.74, 6) is 0.0654. The van der Waals surface area contributed by atoms with Crippen molar-refractivity contribution in [2.24, 2.45) is 0 Å². The summed E-state index contributed by atoms with van der Waals surface area (Å²) in [6.07, 6.45) is 4.43. The first-order valence-electron chi connectivity index (χ1n) is 7.30. The summed E-state index contributed by atoms with van der Waals surface area (Å²) in [7, 11) is 0. The predicted molar refractivity (Wildman–Crippen MR) is 81.4 cm³/mol. The molecule has 1 amide bonds. The molecule has 0 bridgehead atoms. The van der Waals surface area contributed by atoms with E-state index in [-0.39, 0.29) is 11.9 Å². The van der Waals surface area contributed by atoms with Crippen molar-refractivity contribution in [3.05, 3.63) is 29.8 Å². The molecule has 1 rings (SSSR count). The van der Waals surface area contributed by atoms with Gasteiger partial charge in [0.05, 0.1) is 0 Å². The van der Waals surface area contributed by atoms with Crippen molar-refractivity contribution in [2.75, 3.05) is 11.9 Å². The van der Waals surface area contributed by atoms with Gasteiger partial charge in [0, 0.05) is 12.2 Å². The lowest BCUT2D eigenvalue weighted by molar-refractivity contribution is -0.121. The van der Waals surface area contributed by atoms with Crippen LogP contribution in [0.2, 0.25) is 0 Å². The molecule has 0 aliphatic rings. The largest absolute Gasteiger partial charge is 0.374 e. The van der Waals surface area contributed by atoms with E-state index < -0.39 is 0 Å². The van der Waals surface area contributed by atoms with E-state index in [0.717, 1.165) is 25.1 Å². The third kappa shape index (κ3) is 5.77. The number of anilines is 1. The number of carbonyl (C=O) groups is 1. The number of benzene rings is 1. The summed E-state index contributed by atoms with van der Waals surface area (Å²) in [5, 5.41) is 6.18. The lowest BCUT2D eigenvalue weighted by Gasteiger charge is -2.15. The highest BCUT2D eigenvalue weighted by molar-refractivity contribution is 5.84. The van der Waals surface area contributed by atoms with E-state index in [4.69, 9.17) is 0 Å². The van der Waals surface area contributed by atoms with Gasteiger partial charge in [0.2, 0.25) is 5.91 Å². The van der Waals surface area contributed by atoms with Crippen LogP contribution in [0.5, 0.6) is 0 Å². The second kappa shape index (κ2) is 8.57. The Hall–Kier alpha value is -1.51. The maximum atomic E-state index is 11.9. The number of rotatable bonds is 8. The number of hydrogen-bond acceptors (Lipinski definition) is 2. The highest BCUT2D eigenvalue weighted by Crippen LogP contribution is 2.11. The average molecular weight is 262 g/mol. The molecule has 2 N–H and O–H groups in total. The van der Waals surface area contributed by atoms with Crippen molar-refractivity contribution in [1.29, 1.82) is 0 Å². The van der Waals surface area contributed by atoms with Crippen LogP contribution >= 0.6 is 0 Å². The fraction of sp³-hybridized carbons (Fsp3) is 0.562. The number of amides is 1. The van der Waals surface area contributed by atoms with Gasteiger partial charge in [-0.15, -0.1) is 0 Å². The van der Waals surface area contributed by atoms with Gasteiger partial charge in [0.1, 0.15) is 6.04 Å². The molecule has 1 atom stereocenters. The molecule has 0 aliphatic heterocycles. The standard InChI is InChI=1S/C16H26N2O/c1-4-6-7-12-17-16(19)13(3)18-15-10-8-14(5-2)9-11-15/h8-11,13,18H,4-7,12H2,1-3H3,(H,17,19)/t13-/m1/s1. The first-order valence-corrected chi connectivity index (χ1v) is 7.30. The van der Waals surface area contributed by atoms with Crippen molar-refractivity contribution < 1.29 is 4.79 Å². The summed E-state index contributed by atoms with van der Waals surface area (Å²) in [4.78, 5) is 11.9. The molecule has 3 heteroatoms. The van der Waals surface area contributed by atoms with Crippen LogP contribution in [0.1, 0.15) is 45.6 Å². The number of carbonyl (C=O) groups excluding carboxylic acids is 1. The SMILES string of the molecule is CCCCCNC(=O)[C@@H](C)Nc1ccc(CC)cc1. The van der Waals surface area contributed by atoms with E-state index in [1.807, 2.05) is 19.1 Å². The number of hydrogen-bond donors (Lipinski definition) is 2. The van der Waals surface area contributed by atoms with E-state index in [1.165, 1.54) is 18.4 Å². The zero-order chi connectivity index (χ0) is 14.1. The topological polar surface area (TPSA) is 41.1 Å². The van der Waals surface area contributed by atoms with Gasteiger partial charge in [-0.25, -0.2) is 0 Å². The third-order valence-electron chi connectivity index (χ3n) is 3.22. The van der Waals surface area contributed by atoms with Crippen molar-refractivity contribution in [3.63, 3.8) is 0 Å². The number of aryl methyl sites for hydroxylation is 1. The van der Waals surface area contributed by atoms with Crippen molar-refractivity contribution >= 4 is 11.6 Å². The molecule has 1 aromatic carbocycles. The van der Waals surface area contributed by atoms with Gasteiger partial charge in [-0.2, -0.15) is 0 Å². The van der Waals surface area contributed by atoms with Gasteiger partial charge >= 0.3 is 0 Å². The first-order chi connectivity index (χ1) is 9.17. The minimum atomic E-state index is -0.200. The molecule has 0 saturated heterocycles. The van der Waals surface area contributed by atoms with Crippen LogP contribution in [0.4, 0.5) is 5.69 Å². The minimum Gasteiger partial charge on any atom is -0.374 e. The Morgan fingerprint density at radius 1 is 1.16 bits per heavy atom. The van der Waals surface area contributed by atoms with E-state index in [2.05, 4.69) is 36.6 Å². The van der Waals surface area contributed by atoms with Crippen LogP contribution in [-0.4, -0.2) is 18.5 Å². The summed E-state index contributed by atoms with van der Waals surface area (Å²) >= 11 is 0. The molecule has 0 aliphatic carbocycles. The van der Waals surface area contributed by atoms with Crippen molar-refractivity contribution in [1.82, 2.24) is 5.32 Å². The molecule has 0 spiro atoms. The molecule has 1 aromatic rings. The third-order valence-corrected chi connectivity index (χ3v) is 3.22. The van der Waals surface area contributed by atoms with Crippen LogP contribution in [0.3, 0.4) is 0 Å². The number of unbranched alkanes of at least 4 members (excludes halogenated alkanes) is 2. The monoisotopic (exact) mass is 262 g/mol. The normalized spacial score (nSPS) is 11.9. The molecular weight excluding hydrogens is 236 g/mol. The van der Waals surface area contributed by atoms with Crippen LogP contribution in [0.15, 0.2) is 24.3 Å².